The normalized spacial score (nSPS) is 11.5. The lowest BCUT2D eigenvalue weighted by Gasteiger charge is -2.13. The van der Waals surface area contributed by atoms with E-state index >= 15 is 0 Å². The fourth-order valence-electron chi connectivity index (χ4n) is 2.08. The summed E-state index contributed by atoms with van der Waals surface area (Å²) in [5.74, 6) is 0.249. The number of halogens is 2. The largest absolute Gasteiger partial charge is 0.388 e. The van der Waals surface area contributed by atoms with Crippen LogP contribution in [0.15, 0.2) is 24.3 Å². The SMILES string of the molecule is CNc1cc(C(F)F)nc2c(C(C)C)cccc12. The second kappa shape index (κ2) is 4.88. The average molecular weight is 250 g/mol. The number of nitrogens with zero attached hydrogens (tertiary/aromatic N) is 1. The molecule has 0 radical (unpaired) electrons. The van der Waals surface area contributed by atoms with Gasteiger partial charge >= 0.3 is 0 Å². The molecule has 0 fully saturated rings. The lowest BCUT2D eigenvalue weighted by atomic mass is 9.98. The Labute approximate surface area is 105 Å². The van der Waals surface area contributed by atoms with Gasteiger partial charge in [0.15, 0.2) is 0 Å². The van der Waals surface area contributed by atoms with Crippen LogP contribution in [0.1, 0.15) is 37.4 Å². The molecule has 0 aliphatic rings. The van der Waals surface area contributed by atoms with Crippen LogP contribution < -0.4 is 5.32 Å². The van der Waals surface area contributed by atoms with Crippen molar-refractivity contribution in [2.45, 2.75) is 26.2 Å². The quantitative estimate of drug-likeness (QED) is 0.876. The fourth-order valence-corrected chi connectivity index (χ4v) is 2.08. The molecule has 2 nitrogen and oxygen atoms in total. The maximum absolute atomic E-state index is 12.9. The third-order valence-corrected chi connectivity index (χ3v) is 3.01. The summed E-state index contributed by atoms with van der Waals surface area (Å²) in [4.78, 5) is 4.11. The van der Waals surface area contributed by atoms with Crippen molar-refractivity contribution in [1.29, 1.82) is 0 Å². The smallest absolute Gasteiger partial charge is 0.280 e. The molecular formula is C14H16F2N2. The molecule has 2 aromatic rings. The van der Waals surface area contributed by atoms with Crippen LogP contribution in [0.25, 0.3) is 10.9 Å². The first-order chi connectivity index (χ1) is 8.54. The minimum absolute atomic E-state index is 0.181. The lowest BCUT2D eigenvalue weighted by molar-refractivity contribution is 0.146. The third-order valence-electron chi connectivity index (χ3n) is 3.01. The van der Waals surface area contributed by atoms with Crippen molar-refractivity contribution in [3.05, 3.63) is 35.5 Å². The minimum atomic E-state index is -2.55. The Kier molecular flexibility index (Phi) is 3.45. The van der Waals surface area contributed by atoms with Gasteiger partial charge in [-0.3, -0.25) is 0 Å². The number of anilines is 1. The molecule has 1 aromatic heterocycles. The Hall–Kier alpha value is -1.71. The van der Waals surface area contributed by atoms with Gasteiger partial charge in [0.2, 0.25) is 0 Å². The van der Waals surface area contributed by atoms with Crippen LogP contribution in [0.2, 0.25) is 0 Å². The molecule has 0 unspecified atom stereocenters. The van der Waals surface area contributed by atoms with E-state index in [-0.39, 0.29) is 11.6 Å². The highest BCUT2D eigenvalue weighted by Crippen LogP contribution is 2.31. The number of nitrogens with one attached hydrogen (secondary N) is 1. The van der Waals surface area contributed by atoms with Gasteiger partial charge < -0.3 is 5.32 Å². The Morgan fingerprint density at radius 2 is 1.94 bits per heavy atom. The van der Waals surface area contributed by atoms with Crippen LogP contribution >= 0.6 is 0 Å². The first-order valence-corrected chi connectivity index (χ1v) is 5.94. The van der Waals surface area contributed by atoms with Crippen LogP contribution in [-0.4, -0.2) is 12.0 Å². The second-order valence-electron chi connectivity index (χ2n) is 4.54. The number of aromatic nitrogens is 1. The number of fused-ring (bicyclic) bond motifs is 1. The van der Waals surface area contributed by atoms with E-state index in [1.165, 1.54) is 6.07 Å². The first-order valence-electron chi connectivity index (χ1n) is 5.94. The number of pyridine rings is 1. The summed E-state index contributed by atoms with van der Waals surface area (Å²) in [5, 5.41) is 3.84. The summed E-state index contributed by atoms with van der Waals surface area (Å²) >= 11 is 0. The zero-order valence-electron chi connectivity index (χ0n) is 10.7. The molecule has 0 atom stereocenters. The molecule has 1 aromatic carbocycles. The molecule has 0 amide bonds. The van der Waals surface area contributed by atoms with E-state index in [2.05, 4.69) is 10.3 Å². The van der Waals surface area contributed by atoms with Gasteiger partial charge in [0, 0.05) is 18.1 Å². The molecule has 1 N–H and O–H groups in total. The van der Waals surface area contributed by atoms with Gasteiger partial charge in [-0.2, -0.15) is 0 Å². The molecule has 4 heteroatoms. The molecule has 0 saturated heterocycles. The molecule has 1 heterocycles. The number of hydrogen-bond donors (Lipinski definition) is 1. The van der Waals surface area contributed by atoms with E-state index in [1.54, 1.807) is 7.05 Å². The summed E-state index contributed by atoms with van der Waals surface area (Å²) < 4.78 is 25.7. The maximum atomic E-state index is 12.9. The predicted molar refractivity (Wildman–Crippen MR) is 70.3 cm³/mol. The van der Waals surface area contributed by atoms with E-state index < -0.39 is 6.43 Å². The number of alkyl halides is 2. The van der Waals surface area contributed by atoms with Crippen LogP contribution in [0.3, 0.4) is 0 Å². The van der Waals surface area contributed by atoms with Crippen LogP contribution in [0, 0.1) is 0 Å². The second-order valence-corrected chi connectivity index (χ2v) is 4.54. The van der Waals surface area contributed by atoms with Crippen LogP contribution in [0.4, 0.5) is 14.5 Å². The Morgan fingerprint density at radius 3 is 2.50 bits per heavy atom. The van der Waals surface area contributed by atoms with E-state index in [9.17, 15) is 8.78 Å². The number of benzene rings is 1. The molecule has 0 saturated carbocycles. The van der Waals surface area contributed by atoms with Crippen LogP contribution in [-0.2, 0) is 0 Å². The molecule has 2 rings (SSSR count). The van der Waals surface area contributed by atoms with Crippen molar-refractivity contribution >= 4 is 16.6 Å². The molecule has 0 aliphatic carbocycles. The summed E-state index contributed by atoms with van der Waals surface area (Å²) in [5.41, 5.74) is 2.17. The van der Waals surface area contributed by atoms with Gasteiger partial charge in [-0.1, -0.05) is 32.0 Å². The van der Waals surface area contributed by atoms with Crippen molar-refractivity contribution in [3.63, 3.8) is 0 Å². The van der Waals surface area contributed by atoms with Gasteiger partial charge in [0.05, 0.1) is 5.52 Å². The highest BCUT2D eigenvalue weighted by Gasteiger charge is 2.15. The van der Waals surface area contributed by atoms with E-state index in [0.717, 1.165) is 10.9 Å². The summed E-state index contributed by atoms with van der Waals surface area (Å²) in [7, 11) is 1.73. The van der Waals surface area contributed by atoms with Gasteiger partial charge in [0.1, 0.15) is 5.69 Å². The molecule has 18 heavy (non-hydrogen) atoms. The number of hydrogen-bond acceptors (Lipinski definition) is 2. The zero-order valence-corrected chi connectivity index (χ0v) is 10.7. The van der Waals surface area contributed by atoms with Crippen molar-refractivity contribution in [2.75, 3.05) is 12.4 Å². The molecular weight excluding hydrogens is 234 g/mol. The highest BCUT2D eigenvalue weighted by molar-refractivity contribution is 5.93. The fraction of sp³-hybridized carbons (Fsp3) is 0.357. The predicted octanol–water partition coefficient (Wildman–Crippen LogP) is 4.34. The minimum Gasteiger partial charge on any atom is -0.388 e. The highest BCUT2D eigenvalue weighted by atomic mass is 19.3. The maximum Gasteiger partial charge on any atom is 0.280 e. The average Bonchev–Trinajstić information content (AvgIpc) is 2.36. The van der Waals surface area contributed by atoms with E-state index in [0.29, 0.717) is 11.2 Å². The lowest BCUT2D eigenvalue weighted by Crippen LogP contribution is -2.00. The first kappa shape index (κ1) is 12.7. The van der Waals surface area contributed by atoms with E-state index in [1.807, 2.05) is 32.0 Å². The summed E-state index contributed by atoms with van der Waals surface area (Å²) in [6.07, 6.45) is -2.55. The van der Waals surface area contributed by atoms with Crippen molar-refractivity contribution in [1.82, 2.24) is 4.98 Å². The molecule has 96 valence electrons. The molecule has 0 bridgehead atoms. The van der Waals surface area contributed by atoms with Crippen molar-refractivity contribution in [3.8, 4) is 0 Å². The van der Waals surface area contributed by atoms with Crippen LogP contribution in [0.5, 0.6) is 0 Å². The van der Waals surface area contributed by atoms with E-state index in [4.69, 9.17) is 0 Å². The summed E-state index contributed by atoms with van der Waals surface area (Å²) in [6, 6.07) is 7.18. The zero-order chi connectivity index (χ0) is 13.3. The molecule has 0 spiro atoms. The number of rotatable bonds is 3. The van der Waals surface area contributed by atoms with Gasteiger partial charge in [-0.15, -0.1) is 0 Å². The Balaban J connectivity index is 2.79. The number of para-hydroxylation sites is 1. The topological polar surface area (TPSA) is 24.9 Å². The Bertz CT molecular complexity index is 565. The standard InChI is InChI=1S/C14H16F2N2/c1-8(2)9-5-4-6-10-11(17-3)7-12(14(15)16)18-13(9)10/h4-8,14H,1-3H3,(H,17,18). The summed E-state index contributed by atoms with van der Waals surface area (Å²) in [6.45, 7) is 4.06. The van der Waals surface area contributed by atoms with Crippen molar-refractivity contribution < 1.29 is 8.78 Å². The Morgan fingerprint density at radius 1 is 1.22 bits per heavy atom. The van der Waals surface area contributed by atoms with Gasteiger partial charge in [-0.05, 0) is 17.5 Å². The third kappa shape index (κ3) is 2.15. The monoisotopic (exact) mass is 250 g/mol. The van der Waals surface area contributed by atoms with Gasteiger partial charge in [0.25, 0.3) is 6.43 Å². The van der Waals surface area contributed by atoms with Gasteiger partial charge in [-0.25, -0.2) is 13.8 Å². The molecule has 0 aliphatic heterocycles. The van der Waals surface area contributed by atoms with Crippen molar-refractivity contribution in [2.24, 2.45) is 0 Å².